The van der Waals surface area contributed by atoms with E-state index in [0.717, 1.165) is 81.7 Å². The molecule has 8 nitrogen and oxygen atoms in total. The summed E-state index contributed by atoms with van der Waals surface area (Å²) in [4.78, 5) is 21.9. The molecule has 3 heterocycles. The summed E-state index contributed by atoms with van der Waals surface area (Å²) in [7, 11) is 0. The molecule has 0 radical (unpaired) electrons. The van der Waals surface area contributed by atoms with Crippen LogP contribution < -0.4 is 20.9 Å². The Kier molecular flexibility index (Phi) is 7.16. The van der Waals surface area contributed by atoms with Gasteiger partial charge in [-0.1, -0.05) is 12.1 Å². The molecule has 0 aliphatic carbocycles. The molecule has 0 spiro atoms. The molecule has 1 amide bonds. The third-order valence-corrected chi connectivity index (χ3v) is 6.41. The van der Waals surface area contributed by atoms with Gasteiger partial charge in [-0.05, 0) is 25.0 Å². The van der Waals surface area contributed by atoms with E-state index in [0.29, 0.717) is 5.69 Å². The monoisotopic (exact) mass is 430 g/mol. The highest BCUT2D eigenvalue weighted by molar-refractivity contribution is 7.13. The molecule has 2 aromatic rings. The molecule has 0 atom stereocenters. The number of carbonyl (C=O) groups excluding carboxylic acids is 1. The van der Waals surface area contributed by atoms with Gasteiger partial charge in [0.25, 0.3) is 5.91 Å². The number of piperazine rings is 1. The Morgan fingerprint density at radius 2 is 1.97 bits per heavy atom. The Balaban J connectivity index is 1.32. The van der Waals surface area contributed by atoms with Gasteiger partial charge in [0.2, 0.25) is 0 Å². The minimum atomic E-state index is -0.226. The smallest absolute Gasteiger partial charge is 0.275 e. The lowest BCUT2D eigenvalue weighted by atomic mass is 10.1. The van der Waals surface area contributed by atoms with E-state index in [4.69, 9.17) is 0 Å². The highest BCUT2D eigenvalue weighted by atomic mass is 32.1. The Morgan fingerprint density at radius 1 is 1.20 bits per heavy atom. The second-order valence-electron chi connectivity index (χ2n) is 7.75. The molecule has 2 aliphatic heterocycles. The summed E-state index contributed by atoms with van der Waals surface area (Å²) in [6, 6.07) is 7.82. The topological polar surface area (TPSA) is 92.8 Å². The second kappa shape index (κ2) is 10.2. The van der Waals surface area contributed by atoms with Crippen LogP contribution in [0.15, 0.2) is 29.6 Å². The summed E-state index contributed by atoms with van der Waals surface area (Å²) < 4.78 is 0. The first-order valence-electron chi connectivity index (χ1n) is 10.6. The van der Waals surface area contributed by atoms with Gasteiger partial charge in [0.05, 0.1) is 17.5 Å². The molecule has 1 aromatic carbocycles. The maximum atomic E-state index is 12.8. The zero-order valence-corrected chi connectivity index (χ0v) is 18.0. The van der Waals surface area contributed by atoms with Gasteiger partial charge in [0.1, 0.15) is 5.69 Å². The van der Waals surface area contributed by atoms with Crippen molar-refractivity contribution in [2.24, 2.45) is 0 Å². The number of benzene rings is 1. The molecule has 2 saturated heterocycles. The van der Waals surface area contributed by atoms with Crippen LogP contribution in [0.3, 0.4) is 0 Å². The average Bonchev–Trinajstić information content (AvgIpc) is 3.25. The fourth-order valence-corrected chi connectivity index (χ4v) is 4.58. The number of aliphatic hydroxyl groups excluding tert-OH is 1. The van der Waals surface area contributed by atoms with Gasteiger partial charge < -0.3 is 26.0 Å². The summed E-state index contributed by atoms with van der Waals surface area (Å²) in [5, 5.41) is 22.0. The number of thiazole rings is 1. The number of carbonyl (C=O) groups is 1. The summed E-state index contributed by atoms with van der Waals surface area (Å²) in [5.41, 5.74) is 2.19. The highest BCUT2D eigenvalue weighted by Crippen LogP contribution is 2.29. The zero-order valence-electron chi connectivity index (χ0n) is 17.1. The van der Waals surface area contributed by atoms with Crippen molar-refractivity contribution >= 4 is 33.8 Å². The minimum Gasteiger partial charge on any atom is -0.393 e. The molecule has 4 N–H and O–H groups in total. The summed E-state index contributed by atoms with van der Waals surface area (Å²) in [6.45, 7) is 7.59. The largest absolute Gasteiger partial charge is 0.393 e. The average molecular weight is 431 g/mol. The van der Waals surface area contributed by atoms with Crippen LogP contribution in [-0.2, 0) is 0 Å². The molecule has 2 fully saturated rings. The van der Waals surface area contributed by atoms with Crippen LogP contribution >= 0.6 is 11.3 Å². The molecule has 2 aliphatic rings. The molecule has 1 aromatic heterocycles. The molecule has 30 heavy (non-hydrogen) atoms. The first-order valence-corrected chi connectivity index (χ1v) is 11.5. The predicted molar refractivity (Wildman–Crippen MR) is 122 cm³/mol. The summed E-state index contributed by atoms with van der Waals surface area (Å²) >= 11 is 1.46. The Morgan fingerprint density at radius 3 is 2.77 bits per heavy atom. The number of nitrogens with one attached hydrogen (secondary N) is 3. The Bertz CT molecular complexity index is 830. The van der Waals surface area contributed by atoms with Gasteiger partial charge in [-0.15, -0.1) is 11.3 Å². The van der Waals surface area contributed by atoms with Crippen molar-refractivity contribution in [3.05, 3.63) is 35.3 Å². The van der Waals surface area contributed by atoms with E-state index in [1.165, 1.54) is 11.3 Å². The fourth-order valence-electron chi connectivity index (χ4n) is 3.86. The lowest BCUT2D eigenvalue weighted by Crippen LogP contribution is -2.45. The zero-order chi connectivity index (χ0) is 20.8. The van der Waals surface area contributed by atoms with E-state index < -0.39 is 0 Å². The fraction of sp³-hybridized carbons (Fsp3) is 0.524. The number of para-hydroxylation sites is 2. The van der Waals surface area contributed by atoms with Gasteiger partial charge in [0.15, 0.2) is 5.13 Å². The van der Waals surface area contributed by atoms with Gasteiger partial charge in [0, 0.05) is 57.7 Å². The van der Waals surface area contributed by atoms with Gasteiger partial charge >= 0.3 is 0 Å². The van der Waals surface area contributed by atoms with Crippen LogP contribution in [-0.4, -0.2) is 79.4 Å². The SMILES string of the molecule is O=C(Nc1ccccc1N1CCC(O)CC1)c1csc(NCCN2CCNCC2)n1. The number of aromatic nitrogens is 1. The number of piperidine rings is 1. The van der Waals surface area contributed by atoms with E-state index in [1.54, 1.807) is 5.38 Å². The molecule has 0 unspecified atom stereocenters. The summed E-state index contributed by atoms with van der Waals surface area (Å²) in [5.74, 6) is -0.203. The van der Waals surface area contributed by atoms with E-state index in [2.05, 4.69) is 30.7 Å². The maximum absolute atomic E-state index is 12.8. The number of nitrogens with zero attached hydrogens (tertiary/aromatic N) is 3. The molecule has 162 valence electrons. The van der Waals surface area contributed by atoms with Crippen LogP contribution in [0, 0.1) is 0 Å². The van der Waals surface area contributed by atoms with Crippen LogP contribution in [0.25, 0.3) is 0 Å². The lowest BCUT2D eigenvalue weighted by molar-refractivity contribution is 0.102. The van der Waals surface area contributed by atoms with Crippen molar-refractivity contribution in [3.63, 3.8) is 0 Å². The van der Waals surface area contributed by atoms with E-state index >= 15 is 0 Å². The third kappa shape index (κ3) is 5.48. The normalized spacial score (nSPS) is 18.4. The van der Waals surface area contributed by atoms with E-state index in [-0.39, 0.29) is 12.0 Å². The number of aliphatic hydroxyl groups is 1. The first-order chi connectivity index (χ1) is 14.7. The predicted octanol–water partition coefficient (Wildman–Crippen LogP) is 1.67. The number of anilines is 3. The quantitative estimate of drug-likeness (QED) is 0.531. The first kappa shape index (κ1) is 21.0. The molecular weight excluding hydrogens is 400 g/mol. The van der Waals surface area contributed by atoms with Crippen LogP contribution in [0.1, 0.15) is 23.3 Å². The molecule has 9 heteroatoms. The Hall–Kier alpha value is -2.20. The maximum Gasteiger partial charge on any atom is 0.275 e. The molecule has 0 bridgehead atoms. The lowest BCUT2D eigenvalue weighted by Gasteiger charge is -2.32. The minimum absolute atomic E-state index is 0.203. The third-order valence-electron chi connectivity index (χ3n) is 5.61. The van der Waals surface area contributed by atoms with Crippen LogP contribution in [0.5, 0.6) is 0 Å². The number of amides is 1. The number of hydrogen-bond acceptors (Lipinski definition) is 8. The molecular formula is C21H30N6O2S. The summed E-state index contributed by atoms with van der Waals surface area (Å²) in [6.07, 6.45) is 1.27. The Labute approximate surface area is 181 Å². The number of rotatable bonds is 7. The van der Waals surface area contributed by atoms with Crippen LogP contribution in [0.4, 0.5) is 16.5 Å². The van der Waals surface area contributed by atoms with Crippen LogP contribution in [0.2, 0.25) is 0 Å². The molecule has 4 rings (SSSR count). The van der Waals surface area contributed by atoms with Crippen molar-refractivity contribution in [2.75, 3.05) is 67.9 Å². The van der Waals surface area contributed by atoms with Crippen molar-refractivity contribution < 1.29 is 9.90 Å². The van der Waals surface area contributed by atoms with Gasteiger partial charge in [-0.2, -0.15) is 0 Å². The van der Waals surface area contributed by atoms with Gasteiger partial charge in [-0.25, -0.2) is 4.98 Å². The number of hydrogen-bond donors (Lipinski definition) is 4. The van der Waals surface area contributed by atoms with Gasteiger partial charge in [-0.3, -0.25) is 9.69 Å². The second-order valence-corrected chi connectivity index (χ2v) is 8.60. The van der Waals surface area contributed by atoms with Crippen molar-refractivity contribution in [1.82, 2.24) is 15.2 Å². The van der Waals surface area contributed by atoms with Crippen molar-refractivity contribution in [1.29, 1.82) is 0 Å². The van der Waals surface area contributed by atoms with E-state index in [9.17, 15) is 9.90 Å². The van der Waals surface area contributed by atoms with Crippen molar-refractivity contribution in [2.45, 2.75) is 18.9 Å². The highest BCUT2D eigenvalue weighted by Gasteiger charge is 2.20. The standard InChI is InChI=1S/C21H30N6O2S/c28-16-5-10-27(11-6-16)19-4-2-1-3-17(19)24-20(29)18-15-30-21(25-18)23-9-14-26-12-7-22-8-13-26/h1-4,15-16,22,28H,5-14H2,(H,23,25)(H,24,29). The van der Waals surface area contributed by atoms with Crippen molar-refractivity contribution in [3.8, 4) is 0 Å². The van der Waals surface area contributed by atoms with E-state index in [1.807, 2.05) is 24.3 Å². The molecule has 0 saturated carbocycles.